The fourth-order valence-corrected chi connectivity index (χ4v) is 6.49. The van der Waals surface area contributed by atoms with Crippen LogP contribution in [-0.4, -0.2) is 43.7 Å². The molecule has 2 heterocycles. The Morgan fingerprint density at radius 2 is 1.79 bits per heavy atom. The summed E-state index contributed by atoms with van der Waals surface area (Å²) in [5.74, 6) is -0.229. The molecule has 0 aliphatic carbocycles. The number of hydrogen-bond donors (Lipinski definition) is 0. The second-order valence-corrected chi connectivity index (χ2v) is 11.1. The fraction of sp³-hybridized carbons (Fsp3) is 0.476. The van der Waals surface area contributed by atoms with E-state index >= 15 is 0 Å². The summed E-state index contributed by atoms with van der Waals surface area (Å²) >= 11 is 7.91. The second kappa shape index (κ2) is 9.16. The maximum absolute atomic E-state index is 13.2. The van der Waals surface area contributed by atoms with Crippen LogP contribution in [0.2, 0.25) is 5.02 Å². The van der Waals surface area contributed by atoms with Crippen LogP contribution in [0.3, 0.4) is 0 Å². The summed E-state index contributed by atoms with van der Waals surface area (Å²) in [6.45, 7) is 4.98. The zero-order valence-electron chi connectivity index (χ0n) is 17.0. The van der Waals surface area contributed by atoms with Gasteiger partial charge in [0, 0.05) is 35.5 Å². The number of rotatable bonds is 5. The number of benzene rings is 1. The summed E-state index contributed by atoms with van der Waals surface area (Å²) in [6, 6.07) is 8.47. The van der Waals surface area contributed by atoms with Crippen molar-refractivity contribution < 1.29 is 13.2 Å². The Bertz CT molecular complexity index is 980. The minimum absolute atomic E-state index is 0.0138. The number of hydrogen-bond acceptors (Lipinski definition) is 4. The average molecular weight is 455 g/mol. The summed E-state index contributed by atoms with van der Waals surface area (Å²) in [7, 11) is -2.00. The highest BCUT2D eigenvalue weighted by atomic mass is 35.5. The molecule has 1 aliphatic rings. The zero-order valence-corrected chi connectivity index (χ0v) is 19.4. The molecule has 1 unspecified atom stereocenters. The lowest BCUT2D eigenvalue weighted by atomic mass is 10.1. The standard InChI is InChI=1S/C21H27ClN2O3S2/c1-15-8-11-19(28-15)16(2)23(3)21(25)17-9-10-18(22)20(14-17)29(26,27)24-12-6-4-5-7-13-24/h8-11,14,16H,4-7,12-13H2,1-3H3. The molecule has 1 aromatic carbocycles. The summed E-state index contributed by atoms with van der Waals surface area (Å²) in [4.78, 5) is 17.0. The van der Waals surface area contributed by atoms with Gasteiger partial charge in [0.2, 0.25) is 10.0 Å². The van der Waals surface area contributed by atoms with E-state index in [1.807, 2.05) is 26.0 Å². The van der Waals surface area contributed by atoms with E-state index in [4.69, 9.17) is 11.6 Å². The van der Waals surface area contributed by atoms with Gasteiger partial charge in [-0.05, 0) is 57.0 Å². The van der Waals surface area contributed by atoms with Gasteiger partial charge in [-0.2, -0.15) is 4.31 Å². The molecule has 1 fully saturated rings. The van der Waals surface area contributed by atoms with Crippen molar-refractivity contribution >= 4 is 38.9 Å². The van der Waals surface area contributed by atoms with Crippen LogP contribution >= 0.6 is 22.9 Å². The van der Waals surface area contributed by atoms with Crippen LogP contribution in [0, 0.1) is 6.92 Å². The highest BCUT2D eigenvalue weighted by Gasteiger charge is 2.29. The highest BCUT2D eigenvalue weighted by Crippen LogP contribution is 2.30. The van der Waals surface area contributed by atoms with Gasteiger partial charge in [-0.3, -0.25) is 4.79 Å². The molecule has 1 aliphatic heterocycles. The highest BCUT2D eigenvalue weighted by molar-refractivity contribution is 7.89. The predicted octanol–water partition coefficient (Wildman–Crippen LogP) is 5.11. The Morgan fingerprint density at radius 3 is 2.38 bits per heavy atom. The topological polar surface area (TPSA) is 57.7 Å². The van der Waals surface area contributed by atoms with Crippen LogP contribution < -0.4 is 0 Å². The molecule has 1 amide bonds. The first-order valence-electron chi connectivity index (χ1n) is 9.85. The lowest BCUT2D eigenvalue weighted by Gasteiger charge is -2.25. The van der Waals surface area contributed by atoms with Gasteiger partial charge in [-0.25, -0.2) is 8.42 Å². The van der Waals surface area contributed by atoms with Crippen LogP contribution in [0.4, 0.5) is 0 Å². The molecular weight excluding hydrogens is 428 g/mol. The van der Waals surface area contributed by atoms with Gasteiger partial charge in [0.25, 0.3) is 5.91 Å². The monoisotopic (exact) mass is 454 g/mol. The van der Waals surface area contributed by atoms with Gasteiger partial charge in [0.15, 0.2) is 0 Å². The quantitative estimate of drug-likeness (QED) is 0.630. The molecule has 3 rings (SSSR count). The largest absolute Gasteiger partial charge is 0.334 e. The van der Waals surface area contributed by atoms with Crippen LogP contribution in [0.15, 0.2) is 35.2 Å². The Morgan fingerprint density at radius 1 is 1.14 bits per heavy atom. The lowest BCUT2D eigenvalue weighted by molar-refractivity contribution is 0.0744. The Kier molecular flexibility index (Phi) is 7.04. The van der Waals surface area contributed by atoms with E-state index in [9.17, 15) is 13.2 Å². The molecule has 8 heteroatoms. The third-order valence-corrected chi connectivity index (χ3v) is 8.99. The van der Waals surface area contributed by atoms with Crippen molar-refractivity contribution in [1.29, 1.82) is 0 Å². The van der Waals surface area contributed by atoms with Gasteiger partial charge in [-0.1, -0.05) is 24.4 Å². The van der Waals surface area contributed by atoms with Crippen molar-refractivity contribution in [1.82, 2.24) is 9.21 Å². The first-order valence-corrected chi connectivity index (χ1v) is 12.5. The number of nitrogens with zero attached hydrogens (tertiary/aromatic N) is 2. The molecule has 1 atom stereocenters. The molecule has 29 heavy (non-hydrogen) atoms. The molecule has 0 radical (unpaired) electrons. The maximum atomic E-state index is 13.2. The van der Waals surface area contributed by atoms with E-state index in [2.05, 4.69) is 0 Å². The number of thiophene rings is 1. The van der Waals surface area contributed by atoms with Crippen molar-refractivity contribution in [3.8, 4) is 0 Å². The molecule has 0 bridgehead atoms. The summed E-state index contributed by atoms with van der Waals surface area (Å²) in [5, 5.41) is 0.149. The number of sulfonamides is 1. The molecule has 0 N–H and O–H groups in total. The van der Waals surface area contributed by atoms with Crippen molar-refractivity contribution in [3.63, 3.8) is 0 Å². The number of aryl methyl sites for hydroxylation is 1. The molecule has 1 saturated heterocycles. The third kappa shape index (κ3) is 4.85. The van der Waals surface area contributed by atoms with Crippen molar-refractivity contribution in [3.05, 3.63) is 50.7 Å². The molecule has 2 aromatic rings. The third-order valence-electron chi connectivity index (χ3n) is 5.44. The van der Waals surface area contributed by atoms with E-state index < -0.39 is 10.0 Å². The first-order chi connectivity index (χ1) is 13.7. The van der Waals surface area contributed by atoms with Gasteiger partial charge in [-0.15, -0.1) is 11.3 Å². The van der Waals surface area contributed by atoms with Gasteiger partial charge in [0.1, 0.15) is 4.90 Å². The van der Waals surface area contributed by atoms with Crippen molar-refractivity contribution in [2.45, 2.75) is 50.5 Å². The minimum Gasteiger partial charge on any atom is -0.334 e. The second-order valence-electron chi connectivity index (χ2n) is 7.50. The van der Waals surface area contributed by atoms with Crippen LogP contribution in [0.5, 0.6) is 0 Å². The van der Waals surface area contributed by atoms with Crippen LogP contribution in [0.1, 0.15) is 58.8 Å². The van der Waals surface area contributed by atoms with E-state index in [1.165, 1.54) is 21.3 Å². The van der Waals surface area contributed by atoms with E-state index in [1.54, 1.807) is 29.4 Å². The number of carbonyl (C=O) groups is 1. The van der Waals surface area contributed by atoms with Gasteiger partial charge >= 0.3 is 0 Å². The lowest BCUT2D eigenvalue weighted by Crippen LogP contribution is -2.33. The molecule has 1 aromatic heterocycles. The van der Waals surface area contributed by atoms with Gasteiger partial charge < -0.3 is 4.90 Å². The zero-order chi connectivity index (χ0) is 21.2. The van der Waals surface area contributed by atoms with Crippen LogP contribution in [0.25, 0.3) is 0 Å². The van der Waals surface area contributed by atoms with Gasteiger partial charge in [0.05, 0.1) is 11.1 Å². The van der Waals surface area contributed by atoms with E-state index in [0.717, 1.165) is 30.6 Å². The summed E-state index contributed by atoms with van der Waals surface area (Å²) in [5.41, 5.74) is 0.324. The molecule has 0 saturated carbocycles. The SMILES string of the molecule is Cc1ccc(C(C)N(C)C(=O)c2ccc(Cl)c(S(=O)(=O)N3CCCCCC3)c2)s1. The Hall–Kier alpha value is -1.41. The summed E-state index contributed by atoms with van der Waals surface area (Å²) < 4.78 is 27.9. The first kappa shape index (κ1) is 22.3. The van der Waals surface area contributed by atoms with Crippen molar-refractivity contribution in [2.24, 2.45) is 0 Å². The Labute approximate surface area is 182 Å². The number of halogens is 1. The summed E-state index contributed by atoms with van der Waals surface area (Å²) in [6.07, 6.45) is 3.75. The normalized spacial score (nSPS) is 17.0. The van der Waals surface area contributed by atoms with Crippen LogP contribution in [-0.2, 0) is 10.0 Å². The number of amides is 1. The van der Waals surface area contributed by atoms with E-state index in [0.29, 0.717) is 18.7 Å². The van der Waals surface area contributed by atoms with E-state index in [-0.39, 0.29) is 21.9 Å². The number of carbonyl (C=O) groups excluding carboxylic acids is 1. The molecule has 0 spiro atoms. The molecular formula is C21H27ClN2O3S2. The molecule has 5 nitrogen and oxygen atoms in total. The fourth-order valence-electron chi connectivity index (χ4n) is 3.50. The minimum atomic E-state index is -3.73. The smallest absolute Gasteiger partial charge is 0.254 e. The maximum Gasteiger partial charge on any atom is 0.254 e. The van der Waals surface area contributed by atoms with Crippen molar-refractivity contribution in [2.75, 3.05) is 20.1 Å². The predicted molar refractivity (Wildman–Crippen MR) is 118 cm³/mol. The average Bonchev–Trinajstić information content (AvgIpc) is 2.95. The molecule has 158 valence electrons. The Balaban J connectivity index is 1.88.